The van der Waals surface area contributed by atoms with Crippen molar-refractivity contribution in [2.24, 2.45) is 5.41 Å². The van der Waals surface area contributed by atoms with Gasteiger partial charge in [0.05, 0.1) is 5.60 Å². The number of methoxy groups -OCH3 is 1. The van der Waals surface area contributed by atoms with Crippen molar-refractivity contribution in [3.8, 4) is 0 Å². The Balaban J connectivity index is 2.63. The standard InChI is InChI=1S/C15H32N2O/c1-12-11-17(9-8-15(5,6)18-7)13(10-16-12)14(2,3)4/h12-13,16H,8-11H2,1-7H3. The van der Waals surface area contributed by atoms with Gasteiger partial charge in [-0.25, -0.2) is 0 Å². The van der Waals surface area contributed by atoms with Gasteiger partial charge >= 0.3 is 0 Å². The van der Waals surface area contributed by atoms with Crippen LogP contribution in [-0.4, -0.2) is 49.3 Å². The number of nitrogens with one attached hydrogen (secondary N) is 1. The number of nitrogens with zero attached hydrogens (tertiary/aromatic N) is 1. The van der Waals surface area contributed by atoms with Gasteiger partial charge in [-0.15, -0.1) is 0 Å². The highest BCUT2D eigenvalue weighted by Gasteiger charge is 2.34. The van der Waals surface area contributed by atoms with Gasteiger partial charge in [0.1, 0.15) is 0 Å². The molecule has 0 radical (unpaired) electrons. The Morgan fingerprint density at radius 3 is 2.33 bits per heavy atom. The molecule has 3 heteroatoms. The fourth-order valence-electron chi connectivity index (χ4n) is 2.60. The van der Waals surface area contributed by atoms with Crippen molar-refractivity contribution >= 4 is 0 Å². The third-order valence-electron chi connectivity index (χ3n) is 4.16. The summed E-state index contributed by atoms with van der Waals surface area (Å²) < 4.78 is 5.53. The maximum Gasteiger partial charge on any atom is 0.0634 e. The second-order valence-corrected chi connectivity index (χ2v) is 7.40. The molecule has 1 heterocycles. The predicted octanol–water partition coefficient (Wildman–Crippen LogP) is 2.51. The van der Waals surface area contributed by atoms with Crippen molar-refractivity contribution in [3.63, 3.8) is 0 Å². The molecule has 1 fully saturated rings. The van der Waals surface area contributed by atoms with Crippen LogP contribution < -0.4 is 5.32 Å². The first-order chi connectivity index (χ1) is 8.15. The molecule has 0 aromatic carbocycles. The van der Waals surface area contributed by atoms with Crippen molar-refractivity contribution in [3.05, 3.63) is 0 Å². The highest BCUT2D eigenvalue weighted by Crippen LogP contribution is 2.27. The van der Waals surface area contributed by atoms with E-state index in [1.54, 1.807) is 0 Å². The second-order valence-electron chi connectivity index (χ2n) is 7.40. The molecule has 0 aliphatic carbocycles. The highest BCUT2D eigenvalue weighted by molar-refractivity contribution is 4.91. The van der Waals surface area contributed by atoms with Crippen molar-refractivity contribution in [1.29, 1.82) is 0 Å². The molecule has 0 amide bonds. The molecule has 3 nitrogen and oxygen atoms in total. The van der Waals surface area contributed by atoms with Crippen LogP contribution in [0.4, 0.5) is 0 Å². The Kier molecular flexibility index (Phi) is 5.22. The van der Waals surface area contributed by atoms with Crippen LogP contribution in [0.25, 0.3) is 0 Å². The molecule has 0 saturated carbocycles. The van der Waals surface area contributed by atoms with Crippen LogP contribution >= 0.6 is 0 Å². The average molecular weight is 256 g/mol. The summed E-state index contributed by atoms with van der Waals surface area (Å²) in [6.07, 6.45) is 1.09. The van der Waals surface area contributed by atoms with E-state index < -0.39 is 0 Å². The Hall–Kier alpha value is -0.120. The lowest BCUT2D eigenvalue weighted by atomic mass is 9.83. The molecule has 108 valence electrons. The average Bonchev–Trinajstić information content (AvgIpc) is 2.25. The number of hydrogen-bond acceptors (Lipinski definition) is 3. The van der Waals surface area contributed by atoms with E-state index in [0.29, 0.717) is 17.5 Å². The third-order valence-corrected chi connectivity index (χ3v) is 4.16. The van der Waals surface area contributed by atoms with Gasteiger partial charge in [-0.3, -0.25) is 4.90 Å². The Labute approximate surface area is 113 Å². The Bertz CT molecular complexity index is 258. The summed E-state index contributed by atoms with van der Waals surface area (Å²) in [6, 6.07) is 1.20. The van der Waals surface area contributed by atoms with Gasteiger partial charge in [0, 0.05) is 38.8 Å². The van der Waals surface area contributed by atoms with E-state index in [1.807, 2.05) is 7.11 Å². The SMILES string of the molecule is COC(C)(C)CCN1CC(C)NCC1C(C)(C)C. The van der Waals surface area contributed by atoms with Crippen LogP contribution in [0.1, 0.15) is 48.0 Å². The van der Waals surface area contributed by atoms with Gasteiger partial charge in [0.2, 0.25) is 0 Å². The van der Waals surface area contributed by atoms with E-state index in [9.17, 15) is 0 Å². The predicted molar refractivity (Wildman–Crippen MR) is 78.0 cm³/mol. The summed E-state index contributed by atoms with van der Waals surface area (Å²) in [5, 5.41) is 3.61. The lowest BCUT2D eigenvalue weighted by molar-refractivity contribution is -0.0104. The minimum atomic E-state index is -0.0173. The summed E-state index contributed by atoms with van der Waals surface area (Å²) in [5.74, 6) is 0. The molecule has 1 aliphatic rings. The smallest absolute Gasteiger partial charge is 0.0634 e. The van der Waals surface area contributed by atoms with Crippen molar-refractivity contribution in [2.45, 2.75) is 65.6 Å². The lowest BCUT2D eigenvalue weighted by Gasteiger charge is -2.46. The maximum absolute atomic E-state index is 5.53. The van der Waals surface area contributed by atoms with Gasteiger partial charge in [-0.2, -0.15) is 0 Å². The second kappa shape index (κ2) is 5.89. The monoisotopic (exact) mass is 256 g/mol. The first-order valence-corrected chi connectivity index (χ1v) is 7.18. The van der Waals surface area contributed by atoms with Crippen LogP contribution in [0, 0.1) is 5.41 Å². The number of piperazine rings is 1. The van der Waals surface area contributed by atoms with Crippen molar-refractivity contribution < 1.29 is 4.74 Å². The van der Waals surface area contributed by atoms with E-state index in [2.05, 4.69) is 51.8 Å². The van der Waals surface area contributed by atoms with Crippen LogP contribution in [0.3, 0.4) is 0 Å². The zero-order valence-electron chi connectivity index (χ0n) is 13.3. The molecule has 0 aromatic rings. The van der Waals surface area contributed by atoms with Crippen molar-refractivity contribution in [1.82, 2.24) is 10.2 Å². The fourth-order valence-corrected chi connectivity index (χ4v) is 2.60. The molecule has 0 aromatic heterocycles. The molecule has 1 N–H and O–H groups in total. The maximum atomic E-state index is 5.53. The molecule has 0 bridgehead atoms. The third kappa shape index (κ3) is 4.52. The molecular formula is C15H32N2O. The molecule has 2 unspecified atom stereocenters. The van der Waals surface area contributed by atoms with E-state index in [1.165, 1.54) is 0 Å². The van der Waals surface area contributed by atoms with Gasteiger partial charge in [-0.05, 0) is 32.6 Å². The van der Waals surface area contributed by atoms with Gasteiger partial charge in [0.25, 0.3) is 0 Å². The quantitative estimate of drug-likeness (QED) is 0.836. The van der Waals surface area contributed by atoms with Crippen LogP contribution in [0.15, 0.2) is 0 Å². The number of hydrogen-bond donors (Lipinski definition) is 1. The molecular weight excluding hydrogens is 224 g/mol. The number of ether oxygens (including phenoxy) is 1. The summed E-state index contributed by atoms with van der Waals surface area (Å²) in [6.45, 7) is 17.0. The largest absolute Gasteiger partial charge is 0.379 e. The first kappa shape index (κ1) is 15.9. The van der Waals surface area contributed by atoms with Crippen LogP contribution in [-0.2, 0) is 4.74 Å². The summed E-state index contributed by atoms with van der Waals surface area (Å²) in [7, 11) is 1.81. The van der Waals surface area contributed by atoms with E-state index in [0.717, 1.165) is 26.1 Å². The van der Waals surface area contributed by atoms with Gasteiger partial charge < -0.3 is 10.1 Å². The van der Waals surface area contributed by atoms with Crippen molar-refractivity contribution in [2.75, 3.05) is 26.7 Å². The summed E-state index contributed by atoms with van der Waals surface area (Å²) >= 11 is 0. The molecule has 2 atom stereocenters. The highest BCUT2D eigenvalue weighted by atomic mass is 16.5. The van der Waals surface area contributed by atoms with E-state index in [4.69, 9.17) is 4.74 Å². The van der Waals surface area contributed by atoms with Crippen LogP contribution in [0.2, 0.25) is 0 Å². The summed E-state index contributed by atoms with van der Waals surface area (Å²) in [4.78, 5) is 2.64. The van der Waals surface area contributed by atoms with E-state index >= 15 is 0 Å². The molecule has 1 saturated heterocycles. The minimum Gasteiger partial charge on any atom is -0.379 e. The lowest BCUT2D eigenvalue weighted by Crippen LogP contribution is -2.60. The zero-order chi connectivity index (χ0) is 14.0. The first-order valence-electron chi connectivity index (χ1n) is 7.18. The minimum absolute atomic E-state index is 0.0173. The van der Waals surface area contributed by atoms with Gasteiger partial charge in [-0.1, -0.05) is 20.8 Å². The Morgan fingerprint density at radius 1 is 1.22 bits per heavy atom. The molecule has 1 aliphatic heterocycles. The summed E-state index contributed by atoms with van der Waals surface area (Å²) in [5.41, 5.74) is 0.306. The van der Waals surface area contributed by atoms with Crippen LogP contribution in [0.5, 0.6) is 0 Å². The zero-order valence-corrected chi connectivity index (χ0v) is 13.3. The molecule has 18 heavy (non-hydrogen) atoms. The number of rotatable bonds is 4. The molecule has 0 spiro atoms. The van der Waals surface area contributed by atoms with E-state index in [-0.39, 0.29) is 5.60 Å². The Morgan fingerprint density at radius 2 is 1.83 bits per heavy atom. The topological polar surface area (TPSA) is 24.5 Å². The van der Waals surface area contributed by atoms with Gasteiger partial charge in [0.15, 0.2) is 0 Å². The molecule has 1 rings (SSSR count). The fraction of sp³-hybridized carbons (Fsp3) is 1.00. The normalized spacial score (nSPS) is 27.5.